The van der Waals surface area contributed by atoms with Gasteiger partial charge < -0.3 is 10.1 Å². The van der Waals surface area contributed by atoms with Crippen molar-refractivity contribution in [1.29, 1.82) is 0 Å². The van der Waals surface area contributed by atoms with E-state index < -0.39 is 5.97 Å². The molecule has 0 aliphatic heterocycles. The molecule has 0 fully saturated rings. The number of hydrogen-bond donors (Lipinski definition) is 1. The van der Waals surface area contributed by atoms with Crippen LogP contribution < -0.4 is 5.32 Å². The van der Waals surface area contributed by atoms with Gasteiger partial charge in [0, 0.05) is 11.1 Å². The maximum Gasteiger partial charge on any atom is 0.337 e. The summed E-state index contributed by atoms with van der Waals surface area (Å²) in [5.74, 6) is -0.952. The number of benzene rings is 2. The van der Waals surface area contributed by atoms with E-state index in [-0.39, 0.29) is 29.1 Å². The van der Waals surface area contributed by atoms with Gasteiger partial charge in [0.05, 0.1) is 19.2 Å². The molecule has 0 radical (unpaired) electrons. The lowest BCUT2D eigenvalue weighted by Gasteiger charge is -2.42. The fourth-order valence-corrected chi connectivity index (χ4v) is 4.00. The Labute approximate surface area is 177 Å². The average molecular weight is 408 g/mol. The van der Waals surface area contributed by atoms with E-state index in [1.54, 1.807) is 0 Å². The highest BCUT2D eigenvalue weighted by atomic mass is 16.5. The lowest BCUT2D eigenvalue weighted by molar-refractivity contribution is 0.0600. The predicted molar refractivity (Wildman–Crippen MR) is 116 cm³/mol. The number of ether oxygens (including phenoxy) is 1. The number of amides is 1. The Morgan fingerprint density at radius 2 is 1.37 bits per heavy atom. The molecule has 0 bridgehead atoms. The number of ketones is 1. The highest BCUT2D eigenvalue weighted by molar-refractivity contribution is 6.02. The van der Waals surface area contributed by atoms with Crippen LogP contribution in [0.15, 0.2) is 42.5 Å². The highest BCUT2D eigenvalue weighted by Gasteiger charge is 2.37. The third-order valence-corrected chi connectivity index (χ3v) is 6.15. The highest BCUT2D eigenvalue weighted by Crippen LogP contribution is 2.45. The summed E-state index contributed by atoms with van der Waals surface area (Å²) in [7, 11) is 1.30. The Bertz CT molecular complexity index is 987. The van der Waals surface area contributed by atoms with Crippen molar-refractivity contribution in [1.82, 2.24) is 5.32 Å². The van der Waals surface area contributed by atoms with Crippen molar-refractivity contribution in [2.24, 2.45) is 0 Å². The van der Waals surface area contributed by atoms with Crippen molar-refractivity contribution in [3.63, 3.8) is 0 Å². The van der Waals surface area contributed by atoms with Gasteiger partial charge in [0.25, 0.3) is 5.91 Å². The molecule has 30 heavy (non-hydrogen) atoms. The summed E-state index contributed by atoms with van der Waals surface area (Å²) < 4.78 is 4.65. The fourth-order valence-electron chi connectivity index (χ4n) is 4.00. The Balaban J connectivity index is 1.71. The summed E-state index contributed by atoms with van der Waals surface area (Å²) >= 11 is 0. The minimum Gasteiger partial charge on any atom is -0.465 e. The van der Waals surface area contributed by atoms with Crippen LogP contribution in [-0.2, 0) is 15.6 Å². The summed E-state index contributed by atoms with van der Waals surface area (Å²) in [5, 5.41) is 2.67. The molecule has 1 N–H and O–H groups in total. The quantitative estimate of drug-likeness (QED) is 0.588. The maximum atomic E-state index is 12.7. The predicted octanol–water partition coefficient (Wildman–Crippen LogP) is 4.43. The van der Waals surface area contributed by atoms with Crippen LogP contribution in [0, 0.1) is 0 Å². The molecule has 1 aliphatic carbocycles. The first-order valence-electron chi connectivity index (χ1n) is 10.2. The van der Waals surface area contributed by atoms with Gasteiger partial charge >= 0.3 is 5.97 Å². The fraction of sp³-hybridized carbons (Fsp3) is 0.400. The zero-order valence-corrected chi connectivity index (χ0v) is 18.3. The average Bonchev–Trinajstić information content (AvgIpc) is 2.74. The second kappa shape index (κ2) is 8.05. The van der Waals surface area contributed by atoms with E-state index in [9.17, 15) is 14.4 Å². The van der Waals surface area contributed by atoms with Gasteiger partial charge in [-0.1, -0.05) is 39.8 Å². The standard InChI is InChI=1S/C25H29NO4/c1-24(2)12-13-25(3,4)20-14-18(10-11-19(20)24)21(27)15-26-22(28)16-6-8-17(9-7-16)23(29)30-5/h6-11,14H,12-13,15H2,1-5H3,(H,26,28). The van der Waals surface area contributed by atoms with Crippen LogP contribution in [0.25, 0.3) is 0 Å². The molecule has 158 valence electrons. The van der Waals surface area contributed by atoms with Gasteiger partial charge in [-0.3, -0.25) is 9.59 Å². The molecule has 0 atom stereocenters. The Kier molecular flexibility index (Phi) is 5.84. The van der Waals surface area contributed by atoms with Crippen LogP contribution in [0.1, 0.15) is 82.7 Å². The molecule has 2 aromatic carbocycles. The lowest BCUT2D eigenvalue weighted by Crippen LogP contribution is -2.34. The summed E-state index contributed by atoms with van der Waals surface area (Å²) in [4.78, 5) is 36.6. The van der Waals surface area contributed by atoms with Crippen molar-refractivity contribution in [3.8, 4) is 0 Å². The van der Waals surface area contributed by atoms with E-state index in [4.69, 9.17) is 0 Å². The zero-order valence-electron chi connectivity index (χ0n) is 18.3. The van der Waals surface area contributed by atoms with E-state index in [0.717, 1.165) is 12.8 Å². The molecule has 1 aliphatic rings. The van der Waals surface area contributed by atoms with E-state index >= 15 is 0 Å². The molecule has 0 spiro atoms. The number of carbonyl (C=O) groups excluding carboxylic acids is 3. The van der Waals surface area contributed by atoms with Crippen molar-refractivity contribution in [2.75, 3.05) is 13.7 Å². The second-order valence-corrected chi connectivity index (χ2v) is 9.20. The van der Waals surface area contributed by atoms with Gasteiger partial charge in [-0.25, -0.2) is 4.79 Å². The first kappa shape index (κ1) is 21.8. The number of carbonyl (C=O) groups is 3. The normalized spacial score (nSPS) is 16.3. The molecule has 0 saturated carbocycles. The zero-order chi connectivity index (χ0) is 22.1. The van der Waals surface area contributed by atoms with Crippen LogP contribution in [0.4, 0.5) is 0 Å². The molecule has 2 aromatic rings. The molecular formula is C25H29NO4. The van der Waals surface area contributed by atoms with Crippen LogP contribution in [0.3, 0.4) is 0 Å². The first-order chi connectivity index (χ1) is 14.0. The maximum absolute atomic E-state index is 12.7. The minimum absolute atomic E-state index is 0.0196. The number of rotatable bonds is 5. The SMILES string of the molecule is COC(=O)c1ccc(C(=O)NCC(=O)c2ccc3c(c2)C(C)(C)CCC3(C)C)cc1. The smallest absolute Gasteiger partial charge is 0.337 e. The number of fused-ring (bicyclic) bond motifs is 1. The number of methoxy groups -OCH3 is 1. The third kappa shape index (κ3) is 4.30. The van der Waals surface area contributed by atoms with Crippen LogP contribution in [0.2, 0.25) is 0 Å². The molecule has 1 amide bonds. The van der Waals surface area contributed by atoms with Gasteiger partial charge in [-0.2, -0.15) is 0 Å². The van der Waals surface area contributed by atoms with E-state index in [1.165, 1.54) is 42.5 Å². The summed E-state index contributed by atoms with van der Waals surface area (Å²) in [6.07, 6.45) is 2.19. The topological polar surface area (TPSA) is 72.5 Å². The van der Waals surface area contributed by atoms with E-state index in [1.807, 2.05) is 12.1 Å². The number of hydrogen-bond acceptors (Lipinski definition) is 4. The van der Waals surface area contributed by atoms with E-state index in [0.29, 0.717) is 16.7 Å². The Morgan fingerprint density at radius 1 is 0.833 bits per heavy atom. The summed E-state index contributed by atoms with van der Waals surface area (Å²) in [6.45, 7) is 8.84. The van der Waals surface area contributed by atoms with Gasteiger partial charge in [0.1, 0.15) is 0 Å². The minimum atomic E-state index is -0.462. The molecule has 0 saturated heterocycles. The van der Waals surface area contributed by atoms with Crippen LogP contribution in [-0.4, -0.2) is 31.3 Å². The molecular weight excluding hydrogens is 378 g/mol. The molecule has 5 heteroatoms. The summed E-state index contributed by atoms with van der Waals surface area (Å²) in [5.41, 5.74) is 3.98. The van der Waals surface area contributed by atoms with Crippen molar-refractivity contribution in [2.45, 2.75) is 51.4 Å². The number of nitrogens with one attached hydrogen (secondary N) is 1. The van der Waals surface area contributed by atoms with Gasteiger partial charge in [0.15, 0.2) is 5.78 Å². The van der Waals surface area contributed by atoms with Crippen LogP contribution in [0.5, 0.6) is 0 Å². The molecule has 0 heterocycles. The van der Waals surface area contributed by atoms with Gasteiger partial charge in [-0.15, -0.1) is 0 Å². The van der Waals surface area contributed by atoms with Gasteiger partial charge in [-0.05, 0) is 65.1 Å². The third-order valence-electron chi connectivity index (χ3n) is 6.15. The van der Waals surface area contributed by atoms with Gasteiger partial charge in [0.2, 0.25) is 0 Å². The summed E-state index contributed by atoms with van der Waals surface area (Å²) in [6, 6.07) is 12.0. The van der Waals surface area contributed by atoms with Crippen molar-refractivity contribution < 1.29 is 19.1 Å². The number of esters is 1. The molecule has 3 rings (SSSR count). The first-order valence-corrected chi connectivity index (χ1v) is 10.2. The monoisotopic (exact) mass is 407 g/mol. The molecule has 0 aromatic heterocycles. The van der Waals surface area contributed by atoms with Crippen LogP contribution >= 0.6 is 0 Å². The molecule has 5 nitrogen and oxygen atoms in total. The Hall–Kier alpha value is -2.95. The lowest BCUT2D eigenvalue weighted by atomic mass is 9.63. The van der Waals surface area contributed by atoms with E-state index in [2.05, 4.69) is 43.8 Å². The largest absolute Gasteiger partial charge is 0.465 e. The second-order valence-electron chi connectivity index (χ2n) is 9.20. The molecule has 0 unspecified atom stereocenters. The number of Topliss-reactive ketones (excluding diaryl/α,β-unsaturated/α-hetero) is 1. The van der Waals surface area contributed by atoms with Crippen molar-refractivity contribution in [3.05, 3.63) is 70.3 Å². The van der Waals surface area contributed by atoms with Crippen molar-refractivity contribution >= 4 is 17.7 Å². The Morgan fingerprint density at radius 3 is 1.97 bits per heavy atom.